The van der Waals surface area contributed by atoms with Gasteiger partial charge >= 0.3 is 0 Å². The molecule has 0 N–H and O–H groups in total. The summed E-state index contributed by atoms with van der Waals surface area (Å²) in [6, 6.07) is 6.20. The molecule has 0 bridgehead atoms. The Balaban J connectivity index is 2.44. The van der Waals surface area contributed by atoms with Crippen LogP contribution in [0.5, 0.6) is 0 Å². The van der Waals surface area contributed by atoms with Crippen LogP contribution in [0.25, 0.3) is 11.5 Å². The Kier molecular flexibility index (Phi) is 2.45. The molecule has 2 rings (SSSR count). The Morgan fingerprint density at radius 1 is 1.36 bits per heavy atom. The lowest BCUT2D eigenvalue weighted by Crippen LogP contribution is -1.84. The van der Waals surface area contributed by atoms with Crippen LogP contribution in [-0.4, -0.2) is 10.1 Å². The van der Waals surface area contributed by atoms with Gasteiger partial charge in [-0.1, -0.05) is 17.3 Å². The number of hydrogen-bond donors (Lipinski definition) is 0. The van der Waals surface area contributed by atoms with Crippen LogP contribution in [-0.2, 0) is 5.88 Å². The first-order chi connectivity index (χ1) is 6.81. The zero-order chi connectivity index (χ0) is 9.97. The van der Waals surface area contributed by atoms with E-state index in [0.717, 1.165) is 0 Å². The first-order valence-electron chi connectivity index (χ1n) is 3.94. The first-order valence-corrected chi connectivity index (χ1v) is 4.48. The minimum atomic E-state index is -0.391. The molecule has 0 amide bonds. The molecule has 72 valence electrons. The number of nitrogens with zero attached hydrogens (tertiary/aromatic N) is 2. The largest absolute Gasteiger partial charge is 0.334 e. The highest BCUT2D eigenvalue weighted by molar-refractivity contribution is 6.16. The van der Waals surface area contributed by atoms with Gasteiger partial charge in [-0.2, -0.15) is 4.98 Å². The normalized spacial score (nSPS) is 10.4. The predicted molar refractivity (Wildman–Crippen MR) is 49.2 cm³/mol. The van der Waals surface area contributed by atoms with Crippen molar-refractivity contribution in [2.24, 2.45) is 0 Å². The van der Waals surface area contributed by atoms with Gasteiger partial charge in [0.15, 0.2) is 5.82 Å². The van der Waals surface area contributed by atoms with Crippen LogP contribution in [0.3, 0.4) is 0 Å². The number of halogens is 2. The van der Waals surface area contributed by atoms with Crippen molar-refractivity contribution >= 4 is 11.6 Å². The van der Waals surface area contributed by atoms with Crippen LogP contribution >= 0.6 is 11.6 Å². The molecule has 1 heterocycles. The Morgan fingerprint density at radius 2 is 2.14 bits per heavy atom. The third-order valence-corrected chi connectivity index (χ3v) is 1.93. The highest BCUT2D eigenvalue weighted by Gasteiger charge is 2.11. The topological polar surface area (TPSA) is 38.9 Å². The van der Waals surface area contributed by atoms with Gasteiger partial charge in [0.05, 0.1) is 11.4 Å². The third-order valence-electron chi connectivity index (χ3n) is 1.69. The van der Waals surface area contributed by atoms with Gasteiger partial charge in [0.25, 0.3) is 5.89 Å². The lowest BCUT2D eigenvalue weighted by atomic mass is 10.2. The van der Waals surface area contributed by atoms with Crippen LogP contribution in [0, 0.1) is 5.82 Å². The Hall–Kier alpha value is -1.42. The first kappa shape index (κ1) is 9.15. The van der Waals surface area contributed by atoms with E-state index in [9.17, 15) is 4.39 Å². The molecule has 0 atom stereocenters. The summed E-state index contributed by atoms with van der Waals surface area (Å²) in [5.41, 5.74) is 0.288. The number of rotatable bonds is 2. The molecule has 0 saturated carbocycles. The van der Waals surface area contributed by atoms with Crippen molar-refractivity contribution in [2.75, 3.05) is 0 Å². The fourth-order valence-electron chi connectivity index (χ4n) is 1.05. The highest BCUT2D eigenvalue weighted by atomic mass is 35.5. The van der Waals surface area contributed by atoms with Gasteiger partial charge in [0.2, 0.25) is 0 Å². The van der Waals surface area contributed by atoms with Crippen molar-refractivity contribution < 1.29 is 8.91 Å². The molecular formula is C9H6ClFN2O. The van der Waals surface area contributed by atoms with Gasteiger partial charge in [-0.15, -0.1) is 11.6 Å². The van der Waals surface area contributed by atoms with E-state index in [1.165, 1.54) is 6.07 Å². The number of benzene rings is 1. The summed E-state index contributed by atoms with van der Waals surface area (Å²) in [5, 5.41) is 3.57. The molecule has 2 aromatic rings. The van der Waals surface area contributed by atoms with Gasteiger partial charge in [-0.05, 0) is 12.1 Å². The average Bonchev–Trinajstić information content (AvgIpc) is 2.67. The van der Waals surface area contributed by atoms with E-state index in [4.69, 9.17) is 16.1 Å². The molecule has 0 aliphatic carbocycles. The maximum absolute atomic E-state index is 13.2. The Morgan fingerprint density at radius 3 is 2.79 bits per heavy atom. The quantitative estimate of drug-likeness (QED) is 0.719. The van der Waals surface area contributed by atoms with Crippen molar-refractivity contribution in [1.29, 1.82) is 0 Å². The monoisotopic (exact) mass is 212 g/mol. The van der Waals surface area contributed by atoms with Crippen molar-refractivity contribution in [1.82, 2.24) is 10.1 Å². The molecule has 3 nitrogen and oxygen atoms in total. The van der Waals surface area contributed by atoms with Crippen LogP contribution in [0.1, 0.15) is 5.82 Å². The molecule has 0 fully saturated rings. The summed E-state index contributed by atoms with van der Waals surface area (Å²) >= 11 is 5.49. The molecule has 1 aromatic carbocycles. The molecule has 0 aliphatic rings. The molecule has 0 saturated heterocycles. The molecule has 0 unspecified atom stereocenters. The van der Waals surface area contributed by atoms with Gasteiger partial charge < -0.3 is 4.52 Å². The van der Waals surface area contributed by atoms with E-state index in [0.29, 0.717) is 5.82 Å². The fourth-order valence-corrected chi connectivity index (χ4v) is 1.16. The second-order valence-electron chi connectivity index (χ2n) is 2.63. The maximum atomic E-state index is 13.2. The van der Waals surface area contributed by atoms with E-state index in [1.54, 1.807) is 18.2 Å². The highest BCUT2D eigenvalue weighted by Crippen LogP contribution is 2.20. The van der Waals surface area contributed by atoms with Gasteiger partial charge in [0, 0.05) is 0 Å². The van der Waals surface area contributed by atoms with Crippen molar-refractivity contribution in [3.63, 3.8) is 0 Å². The van der Waals surface area contributed by atoms with Crippen LogP contribution in [0.4, 0.5) is 4.39 Å². The molecule has 0 aliphatic heterocycles. The summed E-state index contributed by atoms with van der Waals surface area (Å²) in [7, 11) is 0. The van der Waals surface area contributed by atoms with Crippen molar-refractivity contribution in [3.05, 3.63) is 35.9 Å². The van der Waals surface area contributed by atoms with Crippen molar-refractivity contribution in [3.8, 4) is 11.5 Å². The van der Waals surface area contributed by atoms with Crippen LogP contribution < -0.4 is 0 Å². The minimum absolute atomic E-state index is 0.151. The lowest BCUT2D eigenvalue weighted by Gasteiger charge is -1.94. The standard InChI is InChI=1S/C9H6ClFN2O/c10-5-8-12-9(14-13-8)6-3-1-2-4-7(6)11/h1-4H,5H2. The van der Waals surface area contributed by atoms with Gasteiger partial charge in [-0.25, -0.2) is 4.39 Å². The summed E-state index contributed by atoms with van der Waals surface area (Å²) in [5.74, 6) is 0.263. The Bertz CT molecular complexity index is 444. The fraction of sp³-hybridized carbons (Fsp3) is 0.111. The molecule has 1 aromatic heterocycles. The minimum Gasteiger partial charge on any atom is -0.334 e. The van der Waals surface area contributed by atoms with Crippen LogP contribution in [0.15, 0.2) is 28.8 Å². The summed E-state index contributed by atoms with van der Waals surface area (Å²) in [6.45, 7) is 0. The smallest absolute Gasteiger partial charge is 0.260 e. The maximum Gasteiger partial charge on any atom is 0.260 e. The summed E-state index contributed by atoms with van der Waals surface area (Å²) in [6.07, 6.45) is 0. The molecule has 14 heavy (non-hydrogen) atoms. The lowest BCUT2D eigenvalue weighted by molar-refractivity contribution is 0.422. The zero-order valence-corrected chi connectivity index (χ0v) is 7.83. The van der Waals surface area contributed by atoms with E-state index in [2.05, 4.69) is 10.1 Å². The molecule has 0 spiro atoms. The number of hydrogen-bond acceptors (Lipinski definition) is 3. The van der Waals surface area contributed by atoms with E-state index < -0.39 is 5.82 Å². The summed E-state index contributed by atoms with van der Waals surface area (Å²) in [4.78, 5) is 3.91. The predicted octanol–water partition coefficient (Wildman–Crippen LogP) is 2.61. The third kappa shape index (κ3) is 1.61. The van der Waals surface area contributed by atoms with E-state index in [-0.39, 0.29) is 17.3 Å². The van der Waals surface area contributed by atoms with E-state index >= 15 is 0 Å². The number of alkyl halides is 1. The Labute approximate surface area is 84.5 Å². The molecule has 5 heteroatoms. The summed E-state index contributed by atoms with van der Waals surface area (Å²) < 4.78 is 18.1. The zero-order valence-electron chi connectivity index (χ0n) is 7.08. The SMILES string of the molecule is Fc1ccccc1-c1nc(CCl)no1. The van der Waals surface area contributed by atoms with Gasteiger partial charge in [0.1, 0.15) is 5.82 Å². The average molecular weight is 213 g/mol. The van der Waals surface area contributed by atoms with E-state index in [1.807, 2.05) is 0 Å². The van der Waals surface area contributed by atoms with Crippen molar-refractivity contribution in [2.45, 2.75) is 5.88 Å². The van der Waals surface area contributed by atoms with Gasteiger partial charge in [-0.3, -0.25) is 0 Å². The van der Waals surface area contributed by atoms with Crippen LogP contribution in [0.2, 0.25) is 0 Å². The number of aromatic nitrogens is 2. The molecular weight excluding hydrogens is 207 g/mol. The second-order valence-corrected chi connectivity index (χ2v) is 2.90. The second kappa shape index (κ2) is 3.75. The molecule has 0 radical (unpaired) electrons.